The van der Waals surface area contributed by atoms with E-state index < -0.39 is 0 Å². The Balaban J connectivity index is 1.58. The van der Waals surface area contributed by atoms with Crippen molar-refractivity contribution in [3.05, 3.63) is 47.9 Å². The van der Waals surface area contributed by atoms with Crippen LogP contribution < -0.4 is 4.74 Å². The quantitative estimate of drug-likeness (QED) is 0.819. The molecule has 0 amide bonds. The van der Waals surface area contributed by atoms with Crippen LogP contribution in [0.5, 0.6) is 5.75 Å². The molecule has 0 saturated heterocycles. The molecule has 1 saturated carbocycles. The first-order chi connectivity index (χ1) is 9.42. The number of para-hydroxylation sites is 1. The van der Waals surface area contributed by atoms with Crippen molar-refractivity contribution in [3.8, 4) is 5.75 Å². The molecular formula is C16H19NO2. The summed E-state index contributed by atoms with van der Waals surface area (Å²) in [5, 5.41) is 4.20. The Bertz CT molecular complexity index is 500. The lowest BCUT2D eigenvalue weighted by molar-refractivity contribution is 0.247. The first-order valence-electron chi connectivity index (χ1n) is 7.05. The lowest BCUT2D eigenvalue weighted by atomic mass is 9.87. The van der Waals surface area contributed by atoms with Crippen molar-refractivity contribution < 1.29 is 9.26 Å². The average Bonchev–Trinajstić information content (AvgIpc) is 2.96. The molecule has 1 fully saturated rings. The minimum Gasteiger partial charge on any atom is -0.486 e. The molecule has 100 valence electrons. The van der Waals surface area contributed by atoms with E-state index >= 15 is 0 Å². The van der Waals surface area contributed by atoms with Crippen LogP contribution in [0.4, 0.5) is 0 Å². The van der Waals surface area contributed by atoms with Gasteiger partial charge in [0.15, 0.2) is 5.76 Å². The first-order valence-corrected chi connectivity index (χ1v) is 7.05. The topological polar surface area (TPSA) is 35.3 Å². The van der Waals surface area contributed by atoms with Crippen LogP contribution in [0.25, 0.3) is 0 Å². The van der Waals surface area contributed by atoms with Gasteiger partial charge in [0.1, 0.15) is 12.4 Å². The van der Waals surface area contributed by atoms with Crippen LogP contribution >= 0.6 is 0 Å². The molecule has 1 aliphatic rings. The maximum atomic E-state index is 5.66. The molecule has 0 aliphatic heterocycles. The second kappa shape index (κ2) is 5.91. The van der Waals surface area contributed by atoms with Gasteiger partial charge in [-0.25, -0.2) is 0 Å². The standard InChI is InChI=1S/C16H19NO2/c1-3-7-13(8-4-1)16-11-15(19-17-16)12-18-14-9-5-2-6-10-14/h2,5-6,9-11,13H,1,3-4,7-8,12H2. The molecule has 3 nitrogen and oxygen atoms in total. The highest BCUT2D eigenvalue weighted by molar-refractivity contribution is 5.21. The summed E-state index contributed by atoms with van der Waals surface area (Å²) in [6.07, 6.45) is 6.47. The molecule has 0 unspecified atom stereocenters. The number of hydrogen-bond donors (Lipinski definition) is 0. The van der Waals surface area contributed by atoms with Crippen molar-refractivity contribution in [2.45, 2.75) is 44.6 Å². The van der Waals surface area contributed by atoms with E-state index in [-0.39, 0.29) is 0 Å². The van der Waals surface area contributed by atoms with Gasteiger partial charge < -0.3 is 9.26 Å². The van der Waals surface area contributed by atoms with Gasteiger partial charge in [0.2, 0.25) is 0 Å². The monoisotopic (exact) mass is 257 g/mol. The van der Waals surface area contributed by atoms with Gasteiger partial charge in [-0.3, -0.25) is 0 Å². The predicted octanol–water partition coefficient (Wildman–Crippen LogP) is 4.30. The van der Waals surface area contributed by atoms with Crippen LogP contribution in [0.2, 0.25) is 0 Å². The summed E-state index contributed by atoms with van der Waals surface area (Å²) in [6, 6.07) is 11.8. The molecule has 1 heterocycles. The normalized spacial score (nSPS) is 16.4. The summed E-state index contributed by atoms with van der Waals surface area (Å²) in [5.41, 5.74) is 1.10. The summed E-state index contributed by atoms with van der Waals surface area (Å²) in [5.74, 6) is 2.26. The molecule has 3 heteroatoms. The lowest BCUT2D eigenvalue weighted by Gasteiger charge is -2.18. The summed E-state index contributed by atoms with van der Waals surface area (Å²) in [6.45, 7) is 0.448. The largest absolute Gasteiger partial charge is 0.486 e. The van der Waals surface area contributed by atoms with Crippen LogP contribution in [0, 0.1) is 0 Å². The molecule has 0 bridgehead atoms. The van der Waals surface area contributed by atoms with E-state index in [1.807, 2.05) is 30.3 Å². The lowest BCUT2D eigenvalue weighted by Crippen LogP contribution is -2.04. The third kappa shape index (κ3) is 3.16. The predicted molar refractivity (Wildman–Crippen MR) is 73.1 cm³/mol. The molecule has 3 rings (SSSR count). The molecule has 2 aromatic rings. The molecule has 0 atom stereocenters. The number of benzene rings is 1. The molecule has 1 aromatic heterocycles. The molecule has 0 radical (unpaired) electrons. The van der Waals surface area contributed by atoms with E-state index in [0.717, 1.165) is 17.2 Å². The highest BCUT2D eigenvalue weighted by atomic mass is 16.5. The fourth-order valence-electron chi connectivity index (χ4n) is 2.66. The number of hydrogen-bond acceptors (Lipinski definition) is 3. The smallest absolute Gasteiger partial charge is 0.174 e. The Hall–Kier alpha value is -1.77. The van der Waals surface area contributed by atoms with Crippen molar-refractivity contribution in [3.63, 3.8) is 0 Å². The van der Waals surface area contributed by atoms with Crippen LogP contribution in [0.1, 0.15) is 49.5 Å². The van der Waals surface area contributed by atoms with Gasteiger partial charge in [0, 0.05) is 12.0 Å². The van der Waals surface area contributed by atoms with Gasteiger partial charge in [-0.1, -0.05) is 42.6 Å². The number of rotatable bonds is 4. The molecular weight excluding hydrogens is 238 g/mol. The van der Waals surface area contributed by atoms with Gasteiger partial charge in [-0.15, -0.1) is 0 Å². The highest BCUT2D eigenvalue weighted by Gasteiger charge is 2.19. The Morgan fingerprint density at radius 2 is 1.89 bits per heavy atom. The second-order valence-corrected chi connectivity index (χ2v) is 5.15. The number of nitrogens with zero attached hydrogens (tertiary/aromatic N) is 1. The summed E-state index contributed by atoms with van der Waals surface area (Å²) in [7, 11) is 0. The average molecular weight is 257 g/mol. The zero-order valence-electron chi connectivity index (χ0n) is 11.0. The minimum atomic E-state index is 0.448. The van der Waals surface area contributed by atoms with Crippen molar-refractivity contribution >= 4 is 0 Å². The Morgan fingerprint density at radius 1 is 1.11 bits per heavy atom. The van der Waals surface area contributed by atoms with Gasteiger partial charge in [0.05, 0.1) is 5.69 Å². The van der Waals surface area contributed by atoms with Crippen LogP contribution in [-0.2, 0) is 6.61 Å². The highest BCUT2D eigenvalue weighted by Crippen LogP contribution is 2.32. The second-order valence-electron chi connectivity index (χ2n) is 5.15. The van der Waals surface area contributed by atoms with E-state index in [1.54, 1.807) is 0 Å². The van der Waals surface area contributed by atoms with Crippen LogP contribution in [-0.4, -0.2) is 5.16 Å². The van der Waals surface area contributed by atoms with E-state index in [1.165, 1.54) is 32.1 Å². The summed E-state index contributed by atoms with van der Waals surface area (Å²) in [4.78, 5) is 0. The van der Waals surface area contributed by atoms with E-state index in [9.17, 15) is 0 Å². The SMILES string of the molecule is c1ccc(OCc2cc(C3CCCCC3)no2)cc1. The molecule has 1 aromatic carbocycles. The minimum absolute atomic E-state index is 0.448. The maximum Gasteiger partial charge on any atom is 0.174 e. The molecule has 1 aliphatic carbocycles. The molecule has 0 N–H and O–H groups in total. The summed E-state index contributed by atoms with van der Waals surface area (Å²) < 4.78 is 11.0. The van der Waals surface area contributed by atoms with E-state index in [4.69, 9.17) is 9.26 Å². The first kappa shape index (κ1) is 12.3. The van der Waals surface area contributed by atoms with E-state index in [0.29, 0.717) is 12.5 Å². The molecule has 19 heavy (non-hydrogen) atoms. The van der Waals surface area contributed by atoms with Gasteiger partial charge in [-0.05, 0) is 25.0 Å². The third-order valence-corrected chi connectivity index (χ3v) is 3.72. The number of ether oxygens (including phenoxy) is 1. The van der Waals surface area contributed by atoms with Crippen molar-refractivity contribution in [2.24, 2.45) is 0 Å². The van der Waals surface area contributed by atoms with Crippen molar-refractivity contribution in [2.75, 3.05) is 0 Å². The Labute approximate surface area is 113 Å². The van der Waals surface area contributed by atoms with E-state index in [2.05, 4.69) is 11.2 Å². The van der Waals surface area contributed by atoms with Crippen molar-refractivity contribution in [1.82, 2.24) is 5.16 Å². The zero-order valence-corrected chi connectivity index (χ0v) is 11.0. The van der Waals surface area contributed by atoms with Gasteiger partial charge in [0.25, 0.3) is 0 Å². The summed E-state index contributed by atoms with van der Waals surface area (Å²) >= 11 is 0. The van der Waals surface area contributed by atoms with Gasteiger partial charge >= 0.3 is 0 Å². The number of aromatic nitrogens is 1. The van der Waals surface area contributed by atoms with Crippen LogP contribution in [0.15, 0.2) is 40.9 Å². The van der Waals surface area contributed by atoms with Crippen molar-refractivity contribution in [1.29, 1.82) is 0 Å². The Morgan fingerprint density at radius 3 is 2.68 bits per heavy atom. The molecule has 0 spiro atoms. The zero-order chi connectivity index (χ0) is 12.9. The van der Waals surface area contributed by atoms with Gasteiger partial charge in [-0.2, -0.15) is 0 Å². The van der Waals surface area contributed by atoms with Crippen LogP contribution in [0.3, 0.4) is 0 Å². The maximum absolute atomic E-state index is 5.66. The third-order valence-electron chi connectivity index (χ3n) is 3.72. The Kier molecular flexibility index (Phi) is 3.82. The fourth-order valence-corrected chi connectivity index (χ4v) is 2.66. The fraction of sp³-hybridized carbons (Fsp3) is 0.438.